The predicted molar refractivity (Wildman–Crippen MR) is 52.6 cm³/mol. The fourth-order valence-electron chi connectivity index (χ4n) is 0.865. The van der Waals surface area contributed by atoms with E-state index in [4.69, 9.17) is 17.3 Å². The Morgan fingerprint density at radius 2 is 2.15 bits per heavy atom. The van der Waals surface area contributed by atoms with Gasteiger partial charge in [0.25, 0.3) is 0 Å². The van der Waals surface area contributed by atoms with Crippen molar-refractivity contribution in [2.75, 3.05) is 5.73 Å². The number of nitrogen functional groups attached to an aromatic ring is 1. The second-order valence-corrected chi connectivity index (χ2v) is 3.69. The fourth-order valence-corrected chi connectivity index (χ4v) is 1.61. The molecule has 0 saturated carbocycles. The van der Waals surface area contributed by atoms with Gasteiger partial charge in [0.2, 0.25) is 5.13 Å². The van der Waals surface area contributed by atoms with Crippen molar-refractivity contribution in [2.24, 2.45) is 0 Å². The topological polar surface area (TPSA) is 64.7 Å². The third-order valence-electron chi connectivity index (χ3n) is 1.37. The standard InChI is InChI=1S/C7H5ClN4S/c8-5-3-1-2-4(10-5)6-11-12-7(9)13-6/h1-3H,(H2,9,12). The van der Waals surface area contributed by atoms with Gasteiger partial charge >= 0.3 is 0 Å². The van der Waals surface area contributed by atoms with Gasteiger partial charge in [-0.1, -0.05) is 29.0 Å². The largest absolute Gasteiger partial charge is 0.374 e. The smallest absolute Gasteiger partial charge is 0.203 e. The molecule has 13 heavy (non-hydrogen) atoms. The predicted octanol–water partition coefficient (Wildman–Crippen LogP) is 1.84. The van der Waals surface area contributed by atoms with E-state index in [-0.39, 0.29) is 0 Å². The molecule has 4 nitrogen and oxygen atoms in total. The Morgan fingerprint density at radius 3 is 2.77 bits per heavy atom. The zero-order valence-corrected chi connectivity index (χ0v) is 8.01. The van der Waals surface area contributed by atoms with Crippen LogP contribution in [0.15, 0.2) is 18.2 Å². The molecule has 0 unspecified atom stereocenters. The Bertz CT molecular complexity index is 428. The third-order valence-corrected chi connectivity index (χ3v) is 2.36. The molecule has 2 heterocycles. The summed E-state index contributed by atoms with van der Waals surface area (Å²) in [5.74, 6) is 0. The van der Waals surface area contributed by atoms with Crippen molar-refractivity contribution in [3.63, 3.8) is 0 Å². The average Bonchev–Trinajstić information content (AvgIpc) is 2.52. The van der Waals surface area contributed by atoms with Crippen LogP contribution in [0.2, 0.25) is 5.15 Å². The van der Waals surface area contributed by atoms with Gasteiger partial charge in [-0.2, -0.15) is 0 Å². The van der Waals surface area contributed by atoms with Gasteiger partial charge in [-0.15, -0.1) is 10.2 Å². The molecule has 0 bridgehead atoms. The van der Waals surface area contributed by atoms with Crippen LogP contribution in [-0.2, 0) is 0 Å². The molecule has 0 radical (unpaired) electrons. The summed E-state index contributed by atoms with van der Waals surface area (Å²) in [4.78, 5) is 4.07. The second-order valence-electron chi connectivity index (χ2n) is 2.29. The number of rotatable bonds is 1. The van der Waals surface area contributed by atoms with E-state index in [0.29, 0.717) is 21.0 Å². The summed E-state index contributed by atoms with van der Waals surface area (Å²) in [5.41, 5.74) is 6.13. The van der Waals surface area contributed by atoms with Crippen molar-refractivity contribution in [3.8, 4) is 10.7 Å². The van der Waals surface area contributed by atoms with Gasteiger partial charge in [-0.25, -0.2) is 4.98 Å². The molecule has 0 atom stereocenters. The van der Waals surface area contributed by atoms with Crippen LogP contribution < -0.4 is 5.73 Å². The summed E-state index contributed by atoms with van der Waals surface area (Å²) >= 11 is 7.00. The number of hydrogen-bond donors (Lipinski definition) is 1. The summed E-state index contributed by atoms with van der Waals surface area (Å²) in [6.45, 7) is 0. The molecule has 2 aromatic rings. The van der Waals surface area contributed by atoms with Crippen LogP contribution in [0.5, 0.6) is 0 Å². The Hall–Kier alpha value is -1.20. The van der Waals surface area contributed by atoms with Crippen molar-refractivity contribution >= 4 is 28.1 Å². The molecule has 2 N–H and O–H groups in total. The Labute approximate surface area is 83.4 Å². The fraction of sp³-hybridized carbons (Fsp3) is 0. The minimum atomic E-state index is 0.428. The van der Waals surface area contributed by atoms with Crippen LogP contribution >= 0.6 is 22.9 Å². The van der Waals surface area contributed by atoms with E-state index >= 15 is 0 Å². The summed E-state index contributed by atoms with van der Waals surface area (Å²) in [5, 5.41) is 9.08. The Balaban J connectivity index is 2.46. The number of anilines is 1. The molecule has 0 aliphatic rings. The van der Waals surface area contributed by atoms with Crippen molar-refractivity contribution in [2.45, 2.75) is 0 Å². The molecule has 66 valence electrons. The molecular formula is C7H5ClN4S. The third kappa shape index (κ3) is 1.76. The Kier molecular flexibility index (Phi) is 2.12. The van der Waals surface area contributed by atoms with Crippen molar-refractivity contribution in [1.29, 1.82) is 0 Å². The highest BCUT2D eigenvalue weighted by Gasteiger charge is 2.05. The summed E-state index contributed by atoms with van der Waals surface area (Å²) in [7, 11) is 0. The number of nitrogens with zero attached hydrogens (tertiary/aromatic N) is 3. The van der Waals surface area contributed by atoms with Crippen molar-refractivity contribution in [1.82, 2.24) is 15.2 Å². The van der Waals surface area contributed by atoms with Crippen LogP contribution in [-0.4, -0.2) is 15.2 Å². The number of nitrogens with two attached hydrogens (primary N) is 1. The van der Waals surface area contributed by atoms with E-state index in [1.54, 1.807) is 6.07 Å². The highest BCUT2D eigenvalue weighted by atomic mass is 35.5. The molecule has 0 amide bonds. The first-order valence-electron chi connectivity index (χ1n) is 3.47. The van der Waals surface area contributed by atoms with Gasteiger partial charge in [-0.05, 0) is 12.1 Å². The maximum Gasteiger partial charge on any atom is 0.203 e. The van der Waals surface area contributed by atoms with Gasteiger partial charge in [0.15, 0.2) is 5.01 Å². The van der Waals surface area contributed by atoms with E-state index in [1.807, 2.05) is 12.1 Å². The highest BCUT2D eigenvalue weighted by molar-refractivity contribution is 7.18. The molecular weight excluding hydrogens is 208 g/mol. The molecule has 0 fully saturated rings. The lowest BCUT2D eigenvalue weighted by Gasteiger charge is -1.93. The molecule has 0 saturated heterocycles. The van der Waals surface area contributed by atoms with E-state index in [9.17, 15) is 0 Å². The lowest BCUT2D eigenvalue weighted by molar-refractivity contribution is 1.09. The summed E-state index contributed by atoms with van der Waals surface area (Å²) in [6, 6.07) is 5.32. The quantitative estimate of drug-likeness (QED) is 0.733. The van der Waals surface area contributed by atoms with Crippen molar-refractivity contribution in [3.05, 3.63) is 23.4 Å². The zero-order valence-electron chi connectivity index (χ0n) is 6.44. The minimum absolute atomic E-state index is 0.428. The average molecular weight is 213 g/mol. The molecule has 0 aliphatic heterocycles. The molecule has 0 aromatic carbocycles. The number of hydrogen-bond acceptors (Lipinski definition) is 5. The summed E-state index contributed by atoms with van der Waals surface area (Å²) in [6.07, 6.45) is 0. The van der Waals surface area contributed by atoms with Gasteiger partial charge in [0, 0.05) is 0 Å². The first-order valence-corrected chi connectivity index (χ1v) is 4.67. The van der Waals surface area contributed by atoms with E-state index in [2.05, 4.69) is 15.2 Å². The number of halogens is 1. The van der Waals surface area contributed by atoms with Crippen LogP contribution in [0.1, 0.15) is 0 Å². The molecule has 0 spiro atoms. The molecule has 2 rings (SSSR count). The van der Waals surface area contributed by atoms with Gasteiger partial charge in [-0.3, -0.25) is 0 Å². The normalized spacial score (nSPS) is 10.2. The van der Waals surface area contributed by atoms with E-state index in [0.717, 1.165) is 0 Å². The maximum atomic E-state index is 5.72. The van der Waals surface area contributed by atoms with Crippen LogP contribution in [0, 0.1) is 0 Å². The van der Waals surface area contributed by atoms with Gasteiger partial charge in [0.1, 0.15) is 10.8 Å². The maximum absolute atomic E-state index is 5.72. The molecule has 6 heteroatoms. The van der Waals surface area contributed by atoms with E-state index in [1.165, 1.54) is 11.3 Å². The second kappa shape index (κ2) is 3.27. The molecule has 2 aromatic heterocycles. The number of pyridine rings is 1. The monoisotopic (exact) mass is 212 g/mol. The first-order chi connectivity index (χ1) is 6.25. The van der Waals surface area contributed by atoms with Crippen molar-refractivity contribution < 1.29 is 0 Å². The summed E-state index contributed by atoms with van der Waals surface area (Å²) < 4.78 is 0. The SMILES string of the molecule is Nc1nnc(-c2cccc(Cl)n2)s1. The lowest BCUT2D eigenvalue weighted by atomic mass is 10.4. The van der Waals surface area contributed by atoms with Crippen LogP contribution in [0.3, 0.4) is 0 Å². The first kappa shape index (κ1) is 8.40. The van der Waals surface area contributed by atoms with Crippen LogP contribution in [0.4, 0.5) is 5.13 Å². The minimum Gasteiger partial charge on any atom is -0.374 e. The zero-order chi connectivity index (χ0) is 9.26. The van der Waals surface area contributed by atoms with E-state index < -0.39 is 0 Å². The van der Waals surface area contributed by atoms with Gasteiger partial charge in [0.05, 0.1) is 0 Å². The number of aromatic nitrogens is 3. The highest BCUT2D eigenvalue weighted by Crippen LogP contribution is 2.23. The molecule has 0 aliphatic carbocycles. The van der Waals surface area contributed by atoms with Crippen LogP contribution in [0.25, 0.3) is 10.7 Å². The Morgan fingerprint density at radius 1 is 1.31 bits per heavy atom. The lowest BCUT2D eigenvalue weighted by Crippen LogP contribution is -1.82. The van der Waals surface area contributed by atoms with Gasteiger partial charge < -0.3 is 5.73 Å².